The predicted octanol–water partition coefficient (Wildman–Crippen LogP) is 5.95. The van der Waals surface area contributed by atoms with Crippen LogP contribution in [0.2, 0.25) is 0 Å². The molecular weight excluding hydrogens is 244 g/mol. The van der Waals surface area contributed by atoms with Crippen molar-refractivity contribution >= 4 is 5.78 Å². The first-order valence-electron chi connectivity index (χ1n) is 8.27. The average molecular weight is 274 g/mol. The molecule has 0 heterocycles. The van der Waals surface area contributed by atoms with Crippen LogP contribution in [-0.2, 0) is 0 Å². The van der Waals surface area contributed by atoms with Crippen LogP contribution in [-0.4, -0.2) is 5.78 Å². The molecule has 0 amide bonds. The van der Waals surface area contributed by atoms with E-state index in [-0.39, 0.29) is 0 Å². The first-order valence-corrected chi connectivity index (χ1v) is 8.27. The zero-order valence-electron chi connectivity index (χ0n) is 13.5. The lowest BCUT2D eigenvalue weighted by Gasteiger charge is -2.16. The third kappa shape index (κ3) is 6.36. The first-order chi connectivity index (χ1) is 9.67. The number of Topliss-reactive ketones (excluding diaryl/α,β-unsaturated/α-hetero) is 1. The highest BCUT2D eigenvalue weighted by atomic mass is 16.1. The van der Waals surface area contributed by atoms with Gasteiger partial charge in [0.25, 0.3) is 0 Å². The van der Waals surface area contributed by atoms with Crippen molar-refractivity contribution in [1.29, 1.82) is 0 Å². The third-order valence-electron chi connectivity index (χ3n) is 4.03. The summed E-state index contributed by atoms with van der Waals surface area (Å²) in [5.41, 5.74) is 2.10. The summed E-state index contributed by atoms with van der Waals surface area (Å²) in [5.74, 6) is 0.901. The van der Waals surface area contributed by atoms with Gasteiger partial charge in [-0.05, 0) is 12.8 Å². The Hall–Kier alpha value is -1.11. The van der Waals surface area contributed by atoms with Gasteiger partial charge in [0.15, 0.2) is 5.78 Å². The van der Waals surface area contributed by atoms with Crippen LogP contribution in [0.1, 0.15) is 81.1 Å². The molecule has 0 bridgehead atoms. The Labute approximate surface area is 124 Å². The standard InChI is InChI=1S/C19H30O/c1-4-6-8-10-17(9-7-5-2)15-19(20)18-13-11-16(3)12-14-18/h11-14,17H,4-10,15H2,1-3H3. The highest BCUT2D eigenvalue weighted by molar-refractivity contribution is 5.96. The Morgan fingerprint density at radius 2 is 1.55 bits per heavy atom. The molecule has 0 N–H and O–H groups in total. The molecule has 0 fully saturated rings. The maximum atomic E-state index is 12.4. The van der Waals surface area contributed by atoms with E-state index in [1.165, 1.54) is 50.5 Å². The van der Waals surface area contributed by atoms with Gasteiger partial charge in [0.2, 0.25) is 0 Å². The summed E-state index contributed by atoms with van der Waals surface area (Å²) in [5, 5.41) is 0. The molecule has 1 nitrogen and oxygen atoms in total. The van der Waals surface area contributed by atoms with Crippen LogP contribution in [0.3, 0.4) is 0 Å². The minimum Gasteiger partial charge on any atom is -0.294 e. The maximum absolute atomic E-state index is 12.4. The molecule has 0 aliphatic rings. The number of hydrogen-bond acceptors (Lipinski definition) is 1. The number of ketones is 1. The molecule has 1 aromatic rings. The molecule has 1 aromatic carbocycles. The summed E-state index contributed by atoms with van der Waals surface area (Å²) < 4.78 is 0. The lowest BCUT2D eigenvalue weighted by Crippen LogP contribution is -2.09. The van der Waals surface area contributed by atoms with E-state index in [9.17, 15) is 4.79 Å². The Morgan fingerprint density at radius 3 is 2.15 bits per heavy atom. The number of benzene rings is 1. The summed E-state index contributed by atoms with van der Waals surface area (Å²) >= 11 is 0. The van der Waals surface area contributed by atoms with E-state index in [1.807, 2.05) is 24.3 Å². The van der Waals surface area contributed by atoms with Crippen LogP contribution in [0.15, 0.2) is 24.3 Å². The summed E-state index contributed by atoms with van der Waals surface area (Å²) in [6.07, 6.45) is 9.44. The largest absolute Gasteiger partial charge is 0.294 e. The number of carbonyl (C=O) groups excluding carboxylic acids is 1. The van der Waals surface area contributed by atoms with Crippen molar-refractivity contribution in [2.75, 3.05) is 0 Å². The highest BCUT2D eigenvalue weighted by Crippen LogP contribution is 2.22. The summed E-state index contributed by atoms with van der Waals surface area (Å²) in [7, 11) is 0. The third-order valence-corrected chi connectivity index (χ3v) is 4.03. The van der Waals surface area contributed by atoms with E-state index >= 15 is 0 Å². The lowest BCUT2D eigenvalue weighted by atomic mass is 9.89. The van der Waals surface area contributed by atoms with Crippen molar-refractivity contribution in [3.8, 4) is 0 Å². The quantitative estimate of drug-likeness (QED) is 0.380. The zero-order chi connectivity index (χ0) is 14.8. The Bertz CT molecular complexity index is 377. The molecule has 0 aliphatic heterocycles. The van der Waals surface area contributed by atoms with Crippen molar-refractivity contribution in [1.82, 2.24) is 0 Å². The fourth-order valence-electron chi connectivity index (χ4n) is 2.64. The van der Waals surface area contributed by atoms with Gasteiger partial charge in [0.1, 0.15) is 0 Å². The normalized spacial score (nSPS) is 12.3. The lowest BCUT2D eigenvalue weighted by molar-refractivity contribution is 0.0955. The van der Waals surface area contributed by atoms with E-state index < -0.39 is 0 Å². The second-order valence-corrected chi connectivity index (χ2v) is 6.00. The number of rotatable bonds is 10. The van der Waals surface area contributed by atoms with Gasteiger partial charge in [-0.3, -0.25) is 4.79 Å². The summed E-state index contributed by atoms with van der Waals surface area (Å²) in [6, 6.07) is 8.01. The van der Waals surface area contributed by atoms with E-state index in [1.54, 1.807) is 0 Å². The molecule has 0 aliphatic carbocycles. The molecule has 0 aromatic heterocycles. The van der Waals surface area contributed by atoms with Crippen LogP contribution >= 0.6 is 0 Å². The van der Waals surface area contributed by atoms with Crippen molar-refractivity contribution in [3.63, 3.8) is 0 Å². The molecule has 0 radical (unpaired) electrons. The van der Waals surface area contributed by atoms with Gasteiger partial charge < -0.3 is 0 Å². The fourth-order valence-corrected chi connectivity index (χ4v) is 2.64. The number of carbonyl (C=O) groups is 1. The van der Waals surface area contributed by atoms with Crippen molar-refractivity contribution in [2.24, 2.45) is 5.92 Å². The average Bonchev–Trinajstić information content (AvgIpc) is 2.45. The summed E-state index contributed by atoms with van der Waals surface area (Å²) in [4.78, 5) is 12.4. The van der Waals surface area contributed by atoms with Crippen molar-refractivity contribution in [3.05, 3.63) is 35.4 Å². The molecule has 1 heteroatoms. The van der Waals surface area contributed by atoms with Crippen molar-refractivity contribution < 1.29 is 4.79 Å². The van der Waals surface area contributed by atoms with Crippen LogP contribution < -0.4 is 0 Å². The van der Waals surface area contributed by atoms with Crippen LogP contribution in [0.25, 0.3) is 0 Å². The molecule has 0 saturated carbocycles. The first kappa shape index (κ1) is 16.9. The minimum absolute atomic E-state index is 0.322. The molecular formula is C19H30O. The van der Waals surface area contributed by atoms with Gasteiger partial charge in [-0.1, -0.05) is 88.6 Å². The van der Waals surface area contributed by atoms with E-state index in [0.717, 1.165) is 12.0 Å². The molecule has 20 heavy (non-hydrogen) atoms. The molecule has 1 atom stereocenters. The highest BCUT2D eigenvalue weighted by Gasteiger charge is 2.14. The van der Waals surface area contributed by atoms with Gasteiger partial charge in [-0.25, -0.2) is 0 Å². The molecule has 112 valence electrons. The second-order valence-electron chi connectivity index (χ2n) is 6.00. The van der Waals surface area contributed by atoms with Crippen LogP contribution in [0.4, 0.5) is 0 Å². The molecule has 1 rings (SSSR count). The van der Waals surface area contributed by atoms with Gasteiger partial charge in [-0.15, -0.1) is 0 Å². The Balaban J connectivity index is 2.53. The van der Waals surface area contributed by atoms with Gasteiger partial charge in [-0.2, -0.15) is 0 Å². The zero-order valence-corrected chi connectivity index (χ0v) is 13.5. The van der Waals surface area contributed by atoms with E-state index in [0.29, 0.717) is 11.7 Å². The second kappa shape index (κ2) is 9.74. The van der Waals surface area contributed by atoms with Crippen LogP contribution in [0.5, 0.6) is 0 Å². The fraction of sp³-hybridized carbons (Fsp3) is 0.632. The maximum Gasteiger partial charge on any atom is 0.163 e. The monoisotopic (exact) mass is 274 g/mol. The molecule has 0 saturated heterocycles. The van der Waals surface area contributed by atoms with Gasteiger partial charge in [0.05, 0.1) is 0 Å². The van der Waals surface area contributed by atoms with E-state index in [2.05, 4.69) is 20.8 Å². The van der Waals surface area contributed by atoms with Crippen LogP contribution in [0, 0.1) is 12.8 Å². The predicted molar refractivity (Wildman–Crippen MR) is 87.3 cm³/mol. The number of unbranched alkanes of at least 4 members (excludes halogenated alkanes) is 3. The topological polar surface area (TPSA) is 17.1 Å². The minimum atomic E-state index is 0.322. The molecule has 0 spiro atoms. The van der Waals surface area contributed by atoms with E-state index in [4.69, 9.17) is 0 Å². The van der Waals surface area contributed by atoms with Gasteiger partial charge >= 0.3 is 0 Å². The van der Waals surface area contributed by atoms with Crippen molar-refractivity contribution in [2.45, 2.75) is 72.1 Å². The smallest absolute Gasteiger partial charge is 0.163 e. The SMILES string of the molecule is CCCCCC(CCCC)CC(=O)c1ccc(C)cc1. The molecule has 1 unspecified atom stereocenters. The number of hydrogen-bond donors (Lipinski definition) is 0. The number of aryl methyl sites for hydroxylation is 1. The van der Waals surface area contributed by atoms with Gasteiger partial charge in [0, 0.05) is 12.0 Å². The Morgan fingerprint density at radius 1 is 0.950 bits per heavy atom. The Kier molecular flexibility index (Phi) is 8.25. The summed E-state index contributed by atoms with van der Waals surface area (Å²) in [6.45, 7) is 6.52.